The van der Waals surface area contributed by atoms with Gasteiger partial charge in [0, 0.05) is 6.07 Å². The maximum absolute atomic E-state index is 12.9. The smallest absolute Gasteiger partial charge is 0.202 e. The molecule has 178 valence electrons. The van der Waals surface area contributed by atoms with Gasteiger partial charge in [-0.25, -0.2) is 0 Å². The minimum Gasteiger partial charge on any atom is -0.507 e. The topological polar surface area (TPSA) is 218 Å². The van der Waals surface area contributed by atoms with Crippen molar-refractivity contribution in [3.05, 3.63) is 41.0 Å². The van der Waals surface area contributed by atoms with Crippen LogP contribution in [0, 0.1) is 0 Å². The molecule has 1 saturated heterocycles. The zero-order chi connectivity index (χ0) is 24.2. The summed E-state index contributed by atoms with van der Waals surface area (Å²) >= 11 is 0. The zero-order valence-corrected chi connectivity index (χ0v) is 16.8. The first-order chi connectivity index (χ1) is 15.6. The molecule has 2 aromatic rings. The van der Waals surface area contributed by atoms with Crippen molar-refractivity contribution >= 4 is 5.78 Å². The van der Waals surface area contributed by atoms with Crippen molar-refractivity contribution in [3.8, 4) is 28.7 Å². The molecular weight excluding hydrogens is 444 g/mol. The number of aliphatic hydroxyl groups excluding tert-OH is 5. The van der Waals surface area contributed by atoms with E-state index in [1.165, 1.54) is 6.07 Å². The number of ether oxygens (including phenoxy) is 2. The molecule has 0 amide bonds. The molecule has 2 unspecified atom stereocenters. The standard InChI is InChI=1S/C21H22O12/c22-5-11-14(26)17(29)19(31)21(33-11)12-9(25)4-10-13(15(12)27)16(28)18(30)20(32-10)6-1-2-7(23)8(24)3-6/h1-4,11,14,17-27,29-31H,5H2/t11?,14-,17?,18-,19+,20+,21+/m1/s1. The van der Waals surface area contributed by atoms with E-state index in [-0.39, 0.29) is 11.3 Å². The van der Waals surface area contributed by atoms with Crippen LogP contribution in [-0.2, 0) is 4.74 Å². The fourth-order valence-corrected chi connectivity index (χ4v) is 4.05. The van der Waals surface area contributed by atoms with Gasteiger partial charge in [-0.3, -0.25) is 4.79 Å². The van der Waals surface area contributed by atoms with Crippen molar-refractivity contribution in [3.63, 3.8) is 0 Å². The first-order valence-electron chi connectivity index (χ1n) is 9.87. The Morgan fingerprint density at radius 1 is 0.818 bits per heavy atom. The molecule has 0 aromatic heterocycles. The molecule has 9 N–H and O–H groups in total. The fourth-order valence-electron chi connectivity index (χ4n) is 4.05. The van der Waals surface area contributed by atoms with E-state index in [1.807, 2.05) is 0 Å². The van der Waals surface area contributed by atoms with Crippen molar-refractivity contribution in [1.82, 2.24) is 0 Å². The quantitative estimate of drug-likeness (QED) is 0.241. The van der Waals surface area contributed by atoms with Crippen LogP contribution in [0.15, 0.2) is 24.3 Å². The second-order valence-electron chi connectivity index (χ2n) is 7.88. The Hall–Kier alpha value is -3.13. The first kappa shape index (κ1) is 23.0. The predicted octanol–water partition coefficient (Wildman–Crippen LogP) is -1.30. The average molecular weight is 466 g/mol. The summed E-state index contributed by atoms with van der Waals surface area (Å²) in [4.78, 5) is 12.9. The first-order valence-corrected chi connectivity index (χ1v) is 9.87. The van der Waals surface area contributed by atoms with Gasteiger partial charge in [0.25, 0.3) is 0 Å². The van der Waals surface area contributed by atoms with Gasteiger partial charge < -0.3 is 55.4 Å². The molecular formula is C21H22O12. The number of ketones is 1. The van der Waals surface area contributed by atoms with Gasteiger partial charge in [0.15, 0.2) is 23.7 Å². The monoisotopic (exact) mass is 466 g/mol. The van der Waals surface area contributed by atoms with E-state index in [0.29, 0.717) is 0 Å². The van der Waals surface area contributed by atoms with Gasteiger partial charge in [-0.1, -0.05) is 6.07 Å². The lowest BCUT2D eigenvalue weighted by atomic mass is 9.86. The van der Waals surface area contributed by atoms with Gasteiger partial charge >= 0.3 is 0 Å². The van der Waals surface area contributed by atoms with Crippen molar-refractivity contribution in [2.24, 2.45) is 0 Å². The van der Waals surface area contributed by atoms with Gasteiger partial charge in [-0.15, -0.1) is 0 Å². The van der Waals surface area contributed by atoms with Gasteiger partial charge in [-0.05, 0) is 17.7 Å². The number of aliphatic hydroxyl groups is 5. The van der Waals surface area contributed by atoms with Crippen LogP contribution in [0.4, 0.5) is 0 Å². The van der Waals surface area contributed by atoms with E-state index >= 15 is 0 Å². The molecule has 0 bridgehead atoms. The Morgan fingerprint density at radius 2 is 1.52 bits per heavy atom. The average Bonchev–Trinajstić information content (AvgIpc) is 2.77. The molecule has 2 aliphatic rings. The molecule has 0 saturated carbocycles. The third kappa shape index (κ3) is 3.62. The summed E-state index contributed by atoms with van der Waals surface area (Å²) in [6.45, 7) is -0.754. The number of phenolic OH excluding ortho intramolecular Hbond substituents is 4. The van der Waals surface area contributed by atoms with Crippen LogP contribution in [0.1, 0.15) is 33.7 Å². The van der Waals surface area contributed by atoms with E-state index in [4.69, 9.17) is 9.47 Å². The van der Waals surface area contributed by atoms with Gasteiger partial charge in [0.05, 0.1) is 12.2 Å². The SMILES string of the molecule is O=C1c2c(cc(O)c([C@@H]3OC(CO)[C@@H](O)C(O)[C@@H]3O)c2O)O[C@@H](c2ccc(O)c(O)c2)[C@@H]1O. The zero-order valence-electron chi connectivity index (χ0n) is 16.8. The molecule has 12 heteroatoms. The van der Waals surface area contributed by atoms with Gasteiger partial charge in [0.1, 0.15) is 53.3 Å². The molecule has 0 aliphatic carbocycles. The third-order valence-electron chi connectivity index (χ3n) is 5.84. The fraction of sp³-hybridized carbons (Fsp3) is 0.381. The van der Waals surface area contributed by atoms with Crippen molar-refractivity contribution in [2.75, 3.05) is 6.61 Å². The lowest BCUT2D eigenvalue weighted by Gasteiger charge is -2.41. The number of rotatable bonds is 3. The second-order valence-corrected chi connectivity index (χ2v) is 7.88. The molecule has 12 nitrogen and oxygen atoms in total. The molecule has 33 heavy (non-hydrogen) atoms. The minimum atomic E-state index is -1.86. The number of carbonyl (C=O) groups excluding carboxylic acids is 1. The summed E-state index contributed by atoms with van der Waals surface area (Å²) in [5.41, 5.74) is -0.934. The van der Waals surface area contributed by atoms with Crippen LogP contribution in [0.2, 0.25) is 0 Å². The van der Waals surface area contributed by atoms with Crippen LogP contribution in [0.25, 0.3) is 0 Å². The molecule has 1 fully saturated rings. The molecule has 0 spiro atoms. The summed E-state index contributed by atoms with van der Waals surface area (Å²) in [6, 6.07) is 4.42. The Kier molecular flexibility index (Phi) is 5.82. The highest BCUT2D eigenvalue weighted by atomic mass is 16.5. The van der Waals surface area contributed by atoms with E-state index < -0.39 is 89.2 Å². The van der Waals surface area contributed by atoms with Gasteiger partial charge in [-0.2, -0.15) is 0 Å². The van der Waals surface area contributed by atoms with Crippen molar-refractivity contribution in [2.45, 2.75) is 42.7 Å². The van der Waals surface area contributed by atoms with Crippen LogP contribution >= 0.6 is 0 Å². The Balaban J connectivity index is 1.77. The number of aromatic hydroxyl groups is 4. The summed E-state index contributed by atoms with van der Waals surface area (Å²) in [5, 5.41) is 90.7. The summed E-state index contributed by atoms with van der Waals surface area (Å²) < 4.78 is 10.9. The van der Waals surface area contributed by atoms with Gasteiger partial charge in [0.2, 0.25) is 5.78 Å². The van der Waals surface area contributed by atoms with E-state index in [9.17, 15) is 50.8 Å². The maximum atomic E-state index is 12.9. The summed E-state index contributed by atoms with van der Waals surface area (Å²) in [6.07, 6.45) is -11.5. The largest absolute Gasteiger partial charge is 0.507 e. The number of Topliss-reactive ketones (excluding diaryl/α,β-unsaturated/α-hetero) is 1. The van der Waals surface area contributed by atoms with E-state index in [0.717, 1.165) is 18.2 Å². The number of phenols is 4. The normalized spacial score (nSPS) is 31.7. The minimum absolute atomic E-state index is 0.119. The Labute approximate surface area is 185 Å². The highest BCUT2D eigenvalue weighted by molar-refractivity contribution is 6.06. The summed E-state index contributed by atoms with van der Waals surface area (Å²) in [5.74, 6) is -3.90. The molecule has 0 radical (unpaired) electrons. The highest BCUT2D eigenvalue weighted by Gasteiger charge is 2.48. The lowest BCUT2D eigenvalue weighted by molar-refractivity contribution is -0.232. The van der Waals surface area contributed by atoms with E-state index in [1.54, 1.807) is 0 Å². The van der Waals surface area contributed by atoms with Crippen LogP contribution in [0.5, 0.6) is 28.7 Å². The number of fused-ring (bicyclic) bond motifs is 1. The van der Waals surface area contributed by atoms with Crippen LogP contribution < -0.4 is 4.74 Å². The van der Waals surface area contributed by atoms with Crippen LogP contribution in [0.3, 0.4) is 0 Å². The lowest BCUT2D eigenvalue weighted by Crippen LogP contribution is -2.55. The third-order valence-corrected chi connectivity index (χ3v) is 5.84. The number of benzene rings is 2. The number of hydrogen-bond donors (Lipinski definition) is 9. The Bertz CT molecular complexity index is 1080. The molecule has 2 heterocycles. The van der Waals surface area contributed by atoms with Crippen molar-refractivity contribution < 1.29 is 60.2 Å². The van der Waals surface area contributed by atoms with Crippen LogP contribution in [-0.4, -0.2) is 88.9 Å². The Morgan fingerprint density at radius 3 is 2.15 bits per heavy atom. The van der Waals surface area contributed by atoms with E-state index in [2.05, 4.69) is 0 Å². The van der Waals surface area contributed by atoms with Crippen molar-refractivity contribution in [1.29, 1.82) is 0 Å². The molecule has 2 aliphatic heterocycles. The summed E-state index contributed by atoms with van der Waals surface area (Å²) in [7, 11) is 0. The molecule has 7 atom stereocenters. The highest BCUT2D eigenvalue weighted by Crippen LogP contribution is 2.49. The number of hydrogen-bond acceptors (Lipinski definition) is 12. The predicted molar refractivity (Wildman–Crippen MR) is 106 cm³/mol. The second kappa shape index (κ2) is 8.33. The molecule has 2 aromatic carbocycles. The number of carbonyl (C=O) groups is 1. The molecule has 4 rings (SSSR count). The maximum Gasteiger partial charge on any atom is 0.202 e.